The maximum absolute atomic E-state index is 13.3. The van der Waals surface area contributed by atoms with Crippen LogP contribution in [0.3, 0.4) is 0 Å². The number of ether oxygens (including phenoxy) is 2. The van der Waals surface area contributed by atoms with Crippen molar-refractivity contribution in [2.75, 3.05) is 20.3 Å². The molecule has 0 aliphatic carbocycles. The highest BCUT2D eigenvalue weighted by Crippen LogP contribution is 2.40. The van der Waals surface area contributed by atoms with Crippen molar-refractivity contribution in [3.8, 4) is 0 Å². The monoisotopic (exact) mass is 543 g/mol. The van der Waals surface area contributed by atoms with Crippen LogP contribution in [0.2, 0.25) is 0 Å². The van der Waals surface area contributed by atoms with Gasteiger partial charge in [-0.05, 0) is 30.5 Å². The standard InChI is InChI=1S/C29H29N5O6/c1-19-25(28(35)39-3)27(23-5-4-6-24(15-23)34(37)38)26(20(2)32-19)29(36)40-14-12-30-16-21-7-9-22(10-8-21)17-33-13-11-31-18-33/h4-11,13,15-16,18,25,27H,12,14,17H2,1-3H3. The van der Waals surface area contributed by atoms with E-state index in [1.165, 1.54) is 25.3 Å². The molecule has 4 rings (SSSR count). The molecule has 206 valence electrons. The molecule has 0 bridgehead atoms. The molecule has 0 saturated heterocycles. The van der Waals surface area contributed by atoms with Crippen LogP contribution in [0, 0.1) is 16.0 Å². The topological polar surface area (TPSA) is 138 Å². The number of hydrogen-bond acceptors (Lipinski definition) is 9. The maximum atomic E-state index is 13.3. The predicted octanol–water partition coefficient (Wildman–Crippen LogP) is 4.12. The van der Waals surface area contributed by atoms with E-state index >= 15 is 0 Å². The third-order valence-electron chi connectivity index (χ3n) is 6.54. The van der Waals surface area contributed by atoms with E-state index in [0.29, 0.717) is 17.0 Å². The molecule has 0 N–H and O–H groups in total. The molecule has 1 aliphatic heterocycles. The highest BCUT2D eigenvalue weighted by Gasteiger charge is 2.42. The number of carbonyl (C=O) groups excluding carboxylic acids is 2. The first-order valence-electron chi connectivity index (χ1n) is 12.6. The van der Waals surface area contributed by atoms with Gasteiger partial charge < -0.3 is 14.0 Å². The Morgan fingerprint density at radius 2 is 1.95 bits per heavy atom. The molecule has 2 heterocycles. The van der Waals surface area contributed by atoms with Gasteiger partial charge in [-0.2, -0.15) is 0 Å². The number of hydrogen-bond donors (Lipinski definition) is 0. The van der Waals surface area contributed by atoms with Gasteiger partial charge in [-0.15, -0.1) is 0 Å². The number of methoxy groups -OCH3 is 1. The van der Waals surface area contributed by atoms with Gasteiger partial charge in [0.2, 0.25) is 0 Å². The highest BCUT2D eigenvalue weighted by molar-refractivity contribution is 6.07. The minimum atomic E-state index is -0.937. The van der Waals surface area contributed by atoms with Crippen LogP contribution in [0.1, 0.15) is 36.5 Å². The quantitative estimate of drug-likeness (QED) is 0.123. The Morgan fingerprint density at radius 1 is 1.18 bits per heavy atom. The Morgan fingerprint density at radius 3 is 2.62 bits per heavy atom. The Hall–Kier alpha value is -4.93. The number of non-ortho nitro benzene ring substituents is 1. The molecule has 2 aromatic carbocycles. The number of esters is 2. The Balaban J connectivity index is 1.45. The fourth-order valence-corrected chi connectivity index (χ4v) is 4.67. The summed E-state index contributed by atoms with van der Waals surface area (Å²) in [6.45, 7) is 4.25. The SMILES string of the molecule is COC(=O)C1C(C)=NC(C)=C(C(=O)OCCN=Cc2ccc(Cn3ccnc3)cc2)C1c1cccc([N+](=O)[O-])c1. The van der Waals surface area contributed by atoms with Crippen molar-refractivity contribution in [2.45, 2.75) is 26.3 Å². The van der Waals surface area contributed by atoms with Crippen molar-refractivity contribution < 1.29 is 24.0 Å². The lowest BCUT2D eigenvalue weighted by Gasteiger charge is -2.31. The van der Waals surface area contributed by atoms with Crippen LogP contribution >= 0.6 is 0 Å². The van der Waals surface area contributed by atoms with E-state index in [-0.39, 0.29) is 24.4 Å². The number of nitrogens with zero attached hydrogens (tertiary/aromatic N) is 5. The molecule has 2 unspecified atom stereocenters. The van der Waals surface area contributed by atoms with Gasteiger partial charge in [0, 0.05) is 54.6 Å². The average Bonchev–Trinajstić information content (AvgIpc) is 3.46. The largest absolute Gasteiger partial charge is 0.468 e. The van der Waals surface area contributed by atoms with Crippen LogP contribution in [-0.2, 0) is 25.6 Å². The fourth-order valence-electron chi connectivity index (χ4n) is 4.67. The summed E-state index contributed by atoms with van der Waals surface area (Å²) in [5.41, 5.74) is 3.26. The van der Waals surface area contributed by atoms with E-state index < -0.39 is 28.7 Å². The first kappa shape index (κ1) is 28.1. The summed E-state index contributed by atoms with van der Waals surface area (Å²) in [5, 5.41) is 11.4. The second kappa shape index (κ2) is 12.7. The van der Waals surface area contributed by atoms with Crippen LogP contribution in [0.25, 0.3) is 0 Å². The molecule has 1 aromatic heterocycles. The van der Waals surface area contributed by atoms with Crippen molar-refractivity contribution in [2.24, 2.45) is 15.9 Å². The summed E-state index contributed by atoms with van der Waals surface area (Å²) in [4.78, 5) is 49.7. The van der Waals surface area contributed by atoms with Crippen LogP contribution in [0.4, 0.5) is 5.69 Å². The highest BCUT2D eigenvalue weighted by atomic mass is 16.6. The third-order valence-corrected chi connectivity index (χ3v) is 6.54. The van der Waals surface area contributed by atoms with Crippen molar-refractivity contribution in [1.29, 1.82) is 0 Å². The third kappa shape index (κ3) is 6.55. The number of nitro groups is 1. The number of nitro benzene ring substituents is 1. The molecule has 0 saturated carbocycles. The number of imidazole rings is 1. The first-order valence-corrected chi connectivity index (χ1v) is 12.6. The number of benzene rings is 2. The molecule has 1 aliphatic rings. The molecule has 2 atom stereocenters. The smallest absolute Gasteiger partial charge is 0.336 e. The summed E-state index contributed by atoms with van der Waals surface area (Å²) >= 11 is 0. The van der Waals surface area contributed by atoms with E-state index in [9.17, 15) is 19.7 Å². The summed E-state index contributed by atoms with van der Waals surface area (Å²) in [6, 6.07) is 13.8. The summed E-state index contributed by atoms with van der Waals surface area (Å²) < 4.78 is 12.5. The van der Waals surface area contributed by atoms with E-state index in [4.69, 9.17) is 9.47 Å². The van der Waals surface area contributed by atoms with Gasteiger partial charge in [-0.3, -0.25) is 24.9 Å². The van der Waals surface area contributed by atoms with E-state index in [2.05, 4.69) is 15.0 Å². The summed E-state index contributed by atoms with van der Waals surface area (Å²) in [6.07, 6.45) is 7.10. The first-order chi connectivity index (χ1) is 19.3. The molecule has 40 heavy (non-hydrogen) atoms. The van der Waals surface area contributed by atoms with Gasteiger partial charge in [0.1, 0.15) is 12.5 Å². The molecule has 0 spiro atoms. The van der Waals surface area contributed by atoms with Gasteiger partial charge in [-0.25, -0.2) is 9.78 Å². The minimum absolute atomic E-state index is 0.00191. The number of aromatic nitrogens is 2. The second-order valence-corrected chi connectivity index (χ2v) is 9.23. The summed E-state index contributed by atoms with van der Waals surface area (Å²) in [5.74, 6) is -3.07. The van der Waals surface area contributed by atoms with Gasteiger partial charge in [0.05, 0.1) is 30.5 Å². The van der Waals surface area contributed by atoms with Gasteiger partial charge in [0.25, 0.3) is 5.69 Å². The number of aliphatic imine (C=N–C) groups is 2. The molecule has 0 fully saturated rings. The van der Waals surface area contributed by atoms with Crippen molar-refractivity contribution >= 4 is 29.6 Å². The average molecular weight is 544 g/mol. The summed E-state index contributed by atoms with van der Waals surface area (Å²) in [7, 11) is 1.24. The van der Waals surface area contributed by atoms with Crippen LogP contribution in [0.15, 0.2) is 88.5 Å². The second-order valence-electron chi connectivity index (χ2n) is 9.23. The van der Waals surface area contributed by atoms with Crippen LogP contribution in [0.5, 0.6) is 0 Å². The Kier molecular flexibility index (Phi) is 8.95. The zero-order valence-corrected chi connectivity index (χ0v) is 22.4. The molecule has 11 nitrogen and oxygen atoms in total. The van der Waals surface area contributed by atoms with Gasteiger partial charge in [0.15, 0.2) is 0 Å². The van der Waals surface area contributed by atoms with E-state index in [0.717, 1.165) is 17.7 Å². The Labute approximate surface area is 231 Å². The van der Waals surface area contributed by atoms with Gasteiger partial charge >= 0.3 is 11.9 Å². The lowest BCUT2D eigenvalue weighted by Crippen LogP contribution is -2.36. The van der Waals surface area contributed by atoms with Crippen molar-refractivity contribution in [3.63, 3.8) is 0 Å². The molecular weight excluding hydrogens is 514 g/mol. The maximum Gasteiger partial charge on any atom is 0.336 e. The van der Waals surface area contributed by atoms with Gasteiger partial charge in [-0.1, -0.05) is 36.4 Å². The van der Waals surface area contributed by atoms with E-state index in [1.807, 2.05) is 35.0 Å². The lowest BCUT2D eigenvalue weighted by atomic mass is 9.75. The number of rotatable bonds is 10. The van der Waals surface area contributed by atoms with Crippen molar-refractivity contribution in [1.82, 2.24) is 9.55 Å². The lowest BCUT2D eigenvalue weighted by molar-refractivity contribution is -0.384. The molecule has 0 radical (unpaired) electrons. The molecular formula is C29H29N5O6. The molecule has 3 aromatic rings. The predicted molar refractivity (Wildman–Crippen MR) is 148 cm³/mol. The Bertz CT molecular complexity index is 1470. The normalized spacial score (nSPS) is 17.0. The number of carbonyl (C=O) groups is 2. The minimum Gasteiger partial charge on any atom is -0.468 e. The van der Waals surface area contributed by atoms with Crippen LogP contribution in [-0.4, -0.2) is 58.6 Å². The molecule has 0 amide bonds. The van der Waals surface area contributed by atoms with Crippen molar-refractivity contribution in [3.05, 3.63) is 105 Å². The zero-order valence-electron chi connectivity index (χ0n) is 22.4. The zero-order chi connectivity index (χ0) is 28.6. The van der Waals surface area contributed by atoms with Crippen LogP contribution < -0.4 is 0 Å². The number of allylic oxidation sites excluding steroid dienone is 1. The van der Waals surface area contributed by atoms with E-state index in [1.54, 1.807) is 38.7 Å². The molecule has 11 heteroatoms. The fraction of sp³-hybridized carbons (Fsp3) is 0.276.